The van der Waals surface area contributed by atoms with Crippen LogP contribution in [0.15, 0.2) is 42.5 Å². The number of amides is 1. The Bertz CT molecular complexity index is 1010. The normalized spacial score (nSPS) is 11.9. The number of nitrogens with one attached hydrogen (secondary N) is 1. The SMILES string of the molecule is Cc1c(Cl)cccc1N(CCCC(=O)NCc1cccc(C(F)(F)F)c1)S(C)(=O)=O. The molecule has 0 aromatic heterocycles. The van der Waals surface area contributed by atoms with Gasteiger partial charge in [0, 0.05) is 24.5 Å². The Balaban J connectivity index is 1.94. The van der Waals surface area contributed by atoms with Crippen LogP contribution < -0.4 is 9.62 Å². The third-order valence-corrected chi connectivity index (χ3v) is 6.01. The Hall–Kier alpha value is -2.26. The molecule has 0 fully saturated rings. The van der Waals surface area contributed by atoms with E-state index in [1.165, 1.54) is 16.4 Å². The van der Waals surface area contributed by atoms with E-state index in [0.717, 1.165) is 18.4 Å². The first-order valence-corrected chi connectivity index (χ1v) is 11.3. The third-order valence-electron chi connectivity index (χ3n) is 4.42. The molecule has 2 aromatic carbocycles. The molecule has 10 heteroatoms. The van der Waals surface area contributed by atoms with Crippen molar-refractivity contribution in [1.82, 2.24) is 5.32 Å². The molecule has 0 aliphatic heterocycles. The van der Waals surface area contributed by atoms with Gasteiger partial charge >= 0.3 is 6.18 Å². The first-order chi connectivity index (χ1) is 13.9. The molecule has 2 rings (SSSR count). The molecular weight excluding hydrogens is 441 g/mol. The largest absolute Gasteiger partial charge is 0.416 e. The van der Waals surface area contributed by atoms with Crippen LogP contribution in [0.1, 0.15) is 29.5 Å². The second-order valence-electron chi connectivity index (χ2n) is 6.80. The van der Waals surface area contributed by atoms with Crippen LogP contribution in [0, 0.1) is 6.92 Å². The van der Waals surface area contributed by atoms with Crippen molar-refractivity contribution in [3.8, 4) is 0 Å². The van der Waals surface area contributed by atoms with E-state index < -0.39 is 21.8 Å². The number of hydrogen-bond donors (Lipinski definition) is 1. The summed E-state index contributed by atoms with van der Waals surface area (Å²) < 4.78 is 63.8. The average molecular weight is 463 g/mol. The molecule has 0 bridgehead atoms. The number of halogens is 4. The third kappa shape index (κ3) is 6.63. The number of nitrogens with zero attached hydrogens (tertiary/aromatic N) is 1. The number of anilines is 1. The molecule has 0 saturated carbocycles. The van der Waals surface area contributed by atoms with Crippen molar-refractivity contribution in [2.75, 3.05) is 17.1 Å². The predicted molar refractivity (Wildman–Crippen MR) is 111 cm³/mol. The zero-order chi connectivity index (χ0) is 22.5. The van der Waals surface area contributed by atoms with Crippen LogP contribution in [0.2, 0.25) is 5.02 Å². The van der Waals surface area contributed by atoms with Crippen LogP contribution in [-0.4, -0.2) is 27.1 Å². The van der Waals surface area contributed by atoms with Crippen LogP contribution in [0.3, 0.4) is 0 Å². The molecule has 5 nitrogen and oxygen atoms in total. The van der Waals surface area contributed by atoms with E-state index in [0.29, 0.717) is 21.8 Å². The summed E-state index contributed by atoms with van der Waals surface area (Å²) in [5.74, 6) is -0.385. The monoisotopic (exact) mass is 462 g/mol. The fraction of sp³-hybridized carbons (Fsp3) is 0.350. The lowest BCUT2D eigenvalue weighted by atomic mass is 10.1. The minimum atomic E-state index is -4.45. The van der Waals surface area contributed by atoms with Crippen molar-refractivity contribution in [3.05, 3.63) is 64.2 Å². The van der Waals surface area contributed by atoms with Crippen molar-refractivity contribution in [2.24, 2.45) is 0 Å². The van der Waals surface area contributed by atoms with Gasteiger partial charge in [-0.3, -0.25) is 9.10 Å². The van der Waals surface area contributed by atoms with Gasteiger partial charge in [-0.15, -0.1) is 0 Å². The topological polar surface area (TPSA) is 66.5 Å². The van der Waals surface area contributed by atoms with Crippen LogP contribution in [-0.2, 0) is 27.5 Å². The van der Waals surface area contributed by atoms with Gasteiger partial charge in [-0.1, -0.05) is 29.8 Å². The van der Waals surface area contributed by atoms with E-state index in [1.54, 1.807) is 25.1 Å². The molecule has 2 aromatic rings. The Morgan fingerprint density at radius 2 is 1.83 bits per heavy atom. The second kappa shape index (κ2) is 9.70. The van der Waals surface area contributed by atoms with Crippen molar-refractivity contribution >= 4 is 33.2 Å². The minimum Gasteiger partial charge on any atom is -0.352 e. The fourth-order valence-corrected chi connectivity index (χ4v) is 4.05. The molecular formula is C20H22ClF3N2O3S. The molecule has 0 aliphatic rings. The summed E-state index contributed by atoms with van der Waals surface area (Å²) in [6, 6.07) is 9.64. The fourth-order valence-electron chi connectivity index (χ4n) is 2.86. The van der Waals surface area contributed by atoms with E-state index in [-0.39, 0.29) is 31.8 Å². The molecule has 0 saturated heterocycles. The van der Waals surface area contributed by atoms with Crippen molar-refractivity contribution in [2.45, 2.75) is 32.5 Å². The summed E-state index contributed by atoms with van der Waals surface area (Å²) in [5, 5.41) is 2.99. The van der Waals surface area contributed by atoms with Gasteiger partial charge in [-0.05, 0) is 48.7 Å². The summed E-state index contributed by atoms with van der Waals surface area (Å²) in [6.07, 6.45) is -3.13. The van der Waals surface area contributed by atoms with E-state index in [9.17, 15) is 26.4 Å². The zero-order valence-electron chi connectivity index (χ0n) is 16.5. The van der Waals surface area contributed by atoms with Gasteiger partial charge in [0.25, 0.3) is 0 Å². The molecule has 0 aliphatic carbocycles. The molecule has 0 spiro atoms. The predicted octanol–water partition coefficient (Wildman–Crippen LogP) is 4.53. The van der Waals surface area contributed by atoms with Crippen LogP contribution in [0.5, 0.6) is 0 Å². The summed E-state index contributed by atoms with van der Waals surface area (Å²) >= 11 is 6.08. The number of rotatable bonds is 8. The second-order valence-corrected chi connectivity index (χ2v) is 9.11. The maximum Gasteiger partial charge on any atom is 0.416 e. The van der Waals surface area contributed by atoms with Gasteiger partial charge < -0.3 is 5.32 Å². The van der Waals surface area contributed by atoms with Crippen LogP contribution >= 0.6 is 11.6 Å². The summed E-state index contributed by atoms with van der Waals surface area (Å²) in [4.78, 5) is 12.1. The van der Waals surface area contributed by atoms with Crippen molar-refractivity contribution < 1.29 is 26.4 Å². The molecule has 1 amide bonds. The average Bonchev–Trinajstić information content (AvgIpc) is 2.65. The number of carbonyl (C=O) groups is 1. The van der Waals surface area contributed by atoms with Gasteiger partial charge in [0.1, 0.15) is 0 Å². The van der Waals surface area contributed by atoms with Gasteiger partial charge in [0.05, 0.1) is 17.5 Å². The smallest absolute Gasteiger partial charge is 0.352 e. The number of sulfonamides is 1. The highest BCUT2D eigenvalue weighted by Gasteiger charge is 2.30. The van der Waals surface area contributed by atoms with Crippen LogP contribution in [0.25, 0.3) is 0 Å². The Morgan fingerprint density at radius 3 is 2.47 bits per heavy atom. The molecule has 1 N–H and O–H groups in total. The van der Waals surface area contributed by atoms with Crippen molar-refractivity contribution in [1.29, 1.82) is 0 Å². The highest BCUT2D eigenvalue weighted by molar-refractivity contribution is 7.92. The molecule has 0 unspecified atom stereocenters. The lowest BCUT2D eigenvalue weighted by Gasteiger charge is -2.24. The zero-order valence-corrected chi connectivity index (χ0v) is 18.0. The molecule has 0 heterocycles. The summed E-state index contributed by atoms with van der Waals surface area (Å²) in [7, 11) is -3.59. The lowest BCUT2D eigenvalue weighted by Crippen LogP contribution is -2.32. The Morgan fingerprint density at radius 1 is 1.17 bits per heavy atom. The van der Waals surface area contributed by atoms with Crippen molar-refractivity contribution in [3.63, 3.8) is 0 Å². The first-order valence-electron chi connectivity index (χ1n) is 9.05. The van der Waals surface area contributed by atoms with E-state index in [2.05, 4.69) is 5.32 Å². The summed E-state index contributed by atoms with van der Waals surface area (Å²) in [6.45, 7) is 1.72. The van der Waals surface area contributed by atoms with Gasteiger partial charge in [0.15, 0.2) is 0 Å². The number of hydrogen-bond acceptors (Lipinski definition) is 3. The number of benzene rings is 2. The van der Waals surface area contributed by atoms with E-state index in [1.807, 2.05) is 0 Å². The minimum absolute atomic E-state index is 0.0184. The van der Waals surface area contributed by atoms with Crippen LogP contribution in [0.4, 0.5) is 18.9 Å². The van der Waals surface area contributed by atoms with Gasteiger partial charge in [-0.25, -0.2) is 8.42 Å². The maximum absolute atomic E-state index is 12.7. The molecule has 0 atom stereocenters. The quantitative estimate of drug-likeness (QED) is 0.626. The molecule has 0 radical (unpaired) electrons. The number of carbonyl (C=O) groups excluding carboxylic acids is 1. The number of alkyl halides is 3. The standard InChI is InChI=1S/C20H22ClF3N2O3S/c1-14-17(21)8-4-9-18(14)26(30(2,28)29)11-5-10-19(27)25-13-15-6-3-7-16(12-15)20(22,23)24/h3-4,6-9,12H,5,10-11,13H2,1-2H3,(H,25,27). The summed E-state index contributed by atoms with van der Waals surface area (Å²) in [5.41, 5.74) is 0.591. The Labute approximate surface area is 178 Å². The Kier molecular flexibility index (Phi) is 7.76. The lowest BCUT2D eigenvalue weighted by molar-refractivity contribution is -0.137. The van der Waals surface area contributed by atoms with Gasteiger partial charge in [-0.2, -0.15) is 13.2 Å². The first kappa shape index (κ1) is 24.0. The highest BCUT2D eigenvalue weighted by Crippen LogP contribution is 2.30. The van der Waals surface area contributed by atoms with Gasteiger partial charge in [0.2, 0.25) is 15.9 Å². The molecule has 30 heavy (non-hydrogen) atoms. The van der Waals surface area contributed by atoms with E-state index in [4.69, 9.17) is 11.6 Å². The van der Waals surface area contributed by atoms with E-state index >= 15 is 0 Å². The maximum atomic E-state index is 12.7. The molecule has 164 valence electrons. The highest BCUT2D eigenvalue weighted by atomic mass is 35.5.